The largest absolute Gasteiger partial charge is 0.493 e. The first-order chi connectivity index (χ1) is 13.6. The Bertz CT molecular complexity index is 824. The smallest absolute Gasteiger partial charge is 0.383 e. The fraction of sp³-hybridized carbons (Fsp3) is 0.545. The van der Waals surface area contributed by atoms with Crippen LogP contribution < -0.4 is 19.8 Å². The van der Waals surface area contributed by atoms with E-state index in [1.54, 1.807) is 18.2 Å². The van der Waals surface area contributed by atoms with Crippen LogP contribution in [0, 0.1) is 0 Å². The molecule has 0 aliphatic heterocycles. The number of hydrogen-bond acceptors (Lipinski definition) is 6. The van der Waals surface area contributed by atoms with E-state index in [0.717, 1.165) is 19.3 Å². The van der Waals surface area contributed by atoms with Gasteiger partial charge in [0.2, 0.25) is 5.75 Å². The van der Waals surface area contributed by atoms with Gasteiger partial charge in [-0.25, -0.2) is 4.79 Å². The lowest BCUT2D eigenvalue weighted by Gasteiger charge is -2.13. The van der Waals surface area contributed by atoms with Gasteiger partial charge in [0.15, 0.2) is 17.1 Å². The predicted molar refractivity (Wildman–Crippen MR) is 108 cm³/mol. The van der Waals surface area contributed by atoms with E-state index in [2.05, 4.69) is 6.92 Å². The van der Waals surface area contributed by atoms with E-state index in [-0.39, 0.29) is 17.1 Å². The lowest BCUT2D eigenvalue weighted by Crippen LogP contribution is -2.13. The Morgan fingerprint density at radius 3 is 2.32 bits per heavy atom. The molecule has 0 bridgehead atoms. The Morgan fingerprint density at radius 2 is 1.68 bits per heavy atom. The van der Waals surface area contributed by atoms with Gasteiger partial charge in [-0.3, -0.25) is 4.79 Å². The number of benzene rings is 1. The molecule has 0 unspecified atom stereocenters. The third-order valence-electron chi connectivity index (χ3n) is 4.52. The molecule has 0 spiro atoms. The average Bonchev–Trinajstić information content (AvgIpc) is 2.67. The van der Waals surface area contributed by atoms with Crippen molar-refractivity contribution >= 4 is 16.9 Å². The molecule has 0 fully saturated rings. The van der Waals surface area contributed by atoms with Gasteiger partial charge in [-0.2, -0.15) is 0 Å². The number of para-hydroxylation sites is 1. The predicted octanol–water partition coefficient (Wildman–Crippen LogP) is 5.25. The summed E-state index contributed by atoms with van der Waals surface area (Å²) < 4.78 is 21.6. The number of methoxy groups -OCH3 is 1. The second kappa shape index (κ2) is 11.4. The van der Waals surface area contributed by atoms with Gasteiger partial charge in [0, 0.05) is 6.92 Å². The molecule has 28 heavy (non-hydrogen) atoms. The lowest BCUT2D eigenvalue weighted by atomic mass is 10.1. The van der Waals surface area contributed by atoms with Crippen LogP contribution in [0.5, 0.6) is 17.2 Å². The van der Waals surface area contributed by atoms with Crippen LogP contribution in [0.3, 0.4) is 0 Å². The molecule has 1 aromatic heterocycles. The Morgan fingerprint density at radius 1 is 1.00 bits per heavy atom. The fourth-order valence-corrected chi connectivity index (χ4v) is 3.09. The van der Waals surface area contributed by atoms with Crippen LogP contribution >= 0.6 is 0 Å². The highest BCUT2D eigenvalue weighted by molar-refractivity contribution is 5.91. The Balaban J connectivity index is 2.06. The molecule has 0 aliphatic carbocycles. The van der Waals surface area contributed by atoms with E-state index in [0.29, 0.717) is 17.7 Å². The average molecular weight is 390 g/mol. The summed E-state index contributed by atoms with van der Waals surface area (Å²) in [7, 11) is 1.48. The minimum absolute atomic E-state index is 0.0705. The van der Waals surface area contributed by atoms with E-state index in [9.17, 15) is 9.59 Å². The SMILES string of the molecule is CCCCCCCCCCOc1c(OC(C)=O)c2cccc(OC)c2oc1=O. The van der Waals surface area contributed by atoms with Crippen LogP contribution in [0.4, 0.5) is 0 Å². The molecule has 2 aromatic rings. The molecule has 6 nitrogen and oxygen atoms in total. The van der Waals surface area contributed by atoms with Crippen molar-refractivity contribution in [2.24, 2.45) is 0 Å². The number of carbonyl (C=O) groups is 1. The van der Waals surface area contributed by atoms with Gasteiger partial charge in [0.1, 0.15) is 0 Å². The third kappa shape index (κ3) is 6.01. The summed E-state index contributed by atoms with van der Waals surface area (Å²) in [5, 5.41) is 0.458. The van der Waals surface area contributed by atoms with Gasteiger partial charge < -0.3 is 18.6 Å². The van der Waals surface area contributed by atoms with Crippen LogP contribution in [0.1, 0.15) is 65.2 Å². The second-order valence-corrected chi connectivity index (χ2v) is 6.80. The molecule has 1 aromatic carbocycles. The molecule has 0 amide bonds. The molecule has 0 radical (unpaired) electrons. The normalized spacial score (nSPS) is 10.8. The van der Waals surface area contributed by atoms with Crippen molar-refractivity contribution in [3.63, 3.8) is 0 Å². The van der Waals surface area contributed by atoms with Gasteiger partial charge in [-0.1, -0.05) is 57.9 Å². The van der Waals surface area contributed by atoms with Crippen LogP contribution in [0.2, 0.25) is 0 Å². The number of esters is 1. The zero-order valence-corrected chi connectivity index (χ0v) is 17.0. The van der Waals surface area contributed by atoms with Gasteiger partial charge >= 0.3 is 11.6 Å². The third-order valence-corrected chi connectivity index (χ3v) is 4.52. The van der Waals surface area contributed by atoms with Crippen LogP contribution in [0.25, 0.3) is 11.0 Å². The van der Waals surface area contributed by atoms with Gasteiger partial charge in [0.25, 0.3) is 0 Å². The molecule has 154 valence electrons. The van der Waals surface area contributed by atoms with E-state index in [1.807, 2.05) is 0 Å². The highest BCUT2D eigenvalue weighted by Gasteiger charge is 2.21. The molecule has 0 atom stereocenters. The molecule has 6 heteroatoms. The van der Waals surface area contributed by atoms with Gasteiger partial charge in [-0.15, -0.1) is 0 Å². The number of carbonyl (C=O) groups excluding carboxylic acids is 1. The summed E-state index contributed by atoms with van der Waals surface area (Å²) in [4.78, 5) is 24.0. The Kier molecular flexibility index (Phi) is 8.85. The molecular formula is C22H30O6. The highest BCUT2D eigenvalue weighted by atomic mass is 16.6. The number of hydrogen-bond donors (Lipinski definition) is 0. The van der Waals surface area contributed by atoms with Crippen LogP contribution in [-0.2, 0) is 4.79 Å². The maximum Gasteiger partial charge on any atom is 0.383 e. The molecular weight excluding hydrogens is 360 g/mol. The summed E-state index contributed by atoms with van der Waals surface area (Å²) in [6, 6.07) is 5.10. The number of ether oxygens (including phenoxy) is 3. The van der Waals surface area contributed by atoms with Gasteiger partial charge in [0.05, 0.1) is 19.1 Å². The zero-order chi connectivity index (χ0) is 20.4. The summed E-state index contributed by atoms with van der Waals surface area (Å²) in [6.07, 6.45) is 9.32. The Hall–Kier alpha value is -2.50. The highest BCUT2D eigenvalue weighted by Crippen LogP contribution is 2.36. The Labute approximate surface area is 165 Å². The van der Waals surface area contributed by atoms with Crippen molar-refractivity contribution in [2.75, 3.05) is 13.7 Å². The van der Waals surface area contributed by atoms with Crippen molar-refractivity contribution < 1.29 is 23.4 Å². The molecule has 0 aliphatic rings. The molecule has 0 N–H and O–H groups in total. The monoisotopic (exact) mass is 390 g/mol. The number of fused-ring (bicyclic) bond motifs is 1. The van der Waals surface area contributed by atoms with E-state index >= 15 is 0 Å². The van der Waals surface area contributed by atoms with Crippen molar-refractivity contribution in [3.05, 3.63) is 28.6 Å². The van der Waals surface area contributed by atoms with E-state index in [4.69, 9.17) is 18.6 Å². The topological polar surface area (TPSA) is 75.0 Å². The van der Waals surface area contributed by atoms with Gasteiger partial charge in [-0.05, 0) is 18.6 Å². The summed E-state index contributed by atoms with van der Waals surface area (Å²) >= 11 is 0. The van der Waals surface area contributed by atoms with Crippen molar-refractivity contribution in [3.8, 4) is 17.2 Å². The number of rotatable bonds is 12. The summed E-state index contributed by atoms with van der Waals surface area (Å²) in [6.45, 7) is 3.85. The molecule has 2 rings (SSSR count). The molecule has 0 saturated heterocycles. The maximum atomic E-state index is 12.4. The zero-order valence-electron chi connectivity index (χ0n) is 17.0. The van der Waals surface area contributed by atoms with Crippen LogP contribution in [-0.4, -0.2) is 19.7 Å². The quantitative estimate of drug-likeness (QED) is 0.280. The van der Waals surface area contributed by atoms with Crippen molar-refractivity contribution in [1.29, 1.82) is 0 Å². The lowest BCUT2D eigenvalue weighted by molar-refractivity contribution is -0.131. The number of unbranched alkanes of at least 4 members (excludes halogenated alkanes) is 7. The van der Waals surface area contributed by atoms with E-state index in [1.165, 1.54) is 46.1 Å². The van der Waals surface area contributed by atoms with Crippen LogP contribution in [0.15, 0.2) is 27.4 Å². The maximum absolute atomic E-state index is 12.4. The van der Waals surface area contributed by atoms with Crippen molar-refractivity contribution in [2.45, 2.75) is 65.2 Å². The molecule has 1 heterocycles. The minimum atomic E-state index is -0.687. The molecule has 0 saturated carbocycles. The van der Waals surface area contributed by atoms with E-state index < -0.39 is 11.6 Å². The summed E-state index contributed by atoms with van der Waals surface area (Å²) in [5.41, 5.74) is -0.460. The second-order valence-electron chi connectivity index (χ2n) is 6.80. The minimum Gasteiger partial charge on any atom is -0.493 e. The first-order valence-corrected chi connectivity index (χ1v) is 10.0. The first-order valence-electron chi connectivity index (χ1n) is 10.0. The first kappa shape index (κ1) is 21.8. The van der Waals surface area contributed by atoms with Crippen molar-refractivity contribution in [1.82, 2.24) is 0 Å². The summed E-state index contributed by atoms with van der Waals surface area (Å²) in [5.74, 6) is -0.139. The fourth-order valence-electron chi connectivity index (χ4n) is 3.09. The standard InChI is InChI=1S/C22H30O6/c1-4-5-6-7-8-9-10-11-15-26-21-20(27-16(2)23)17-13-12-14-18(25-3)19(17)28-22(21)24/h12-14H,4-11,15H2,1-3H3.